The van der Waals surface area contributed by atoms with Crippen LogP contribution < -0.4 is 14.8 Å². The first kappa shape index (κ1) is 24.5. The molecule has 34 heavy (non-hydrogen) atoms. The predicted octanol–water partition coefficient (Wildman–Crippen LogP) is 4.35. The van der Waals surface area contributed by atoms with Crippen molar-refractivity contribution in [1.82, 2.24) is 9.62 Å². The van der Waals surface area contributed by atoms with E-state index >= 15 is 0 Å². The monoisotopic (exact) mass is 546 g/mol. The van der Waals surface area contributed by atoms with Crippen LogP contribution in [0.3, 0.4) is 0 Å². The largest absolute Gasteiger partial charge is 0.492 e. The van der Waals surface area contributed by atoms with Crippen molar-refractivity contribution in [3.8, 4) is 11.5 Å². The van der Waals surface area contributed by atoms with Gasteiger partial charge in [-0.1, -0.05) is 36.8 Å². The molecule has 9 heteroatoms. The predicted molar refractivity (Wildman–Crippen MR) is 135 cm³/mol. The van der Waals surface area contributed by atoms with Gasteiger partial charge in [-0.15, -0.1) is 0 Å². The maximum atomic E-state index is 12.7. The summed E-state index contributed by atoms with van der Waals surface area (Å²) < 4.78 is 39.1. The molecule has 0 unspecified atom stereocenters. The fourth-order valence-electron chi connectivity index (χ4n) is 3.84. The first-order valence-electron chi connectivity index (χ1n) is 11.2. The van der Waals surface area contributed by atoms with Gasteiger partial charge in [-0.2, -0.15) is 4.31 Å². The molecule has 180 valence electrons. The van der Waals surface area contributed by atoms with E-state index in [1.807, 2.05) is 36.4 Å². The lowest BCUT2D eigenvalue weighted by atomic mass is 10.1. The van der Waals surface area contributed by atoms with Gasteiger partial charge in [-0.25, -0.2) is 8.42 Å². The molecule has 0 aromatic heterocycles. The van der Waals surface area contributed by atoms with Crippen molar-refractivity contribution in [2.75, 3.05) is 32.8 Å². The molecule has 0 spiro atoms. The summed E-state index contributed by atoms with van der Waals surface area (Å²) >= 11 is 3.54. The minimum absolute atomic E-state index is 0.111. The van der Waals surface area contributed by atoms with Crippen LogP contribution in [0.5, 0.6) is 11.5 Å². The van der Waals surface area contributed by atoms with Crippen molar-refractivity contribution in [2.45, 2.75) is 24.2 Å². The summed E-state index contributed by atoms with van der Waals surface area (Å²) in [7, 11) is -3.46. The van der Waals surface area contributed by atoms with Crippen molar-refractivity contribution in [1.29, 1.82) is 0 Å². The van der Waals surface area contributed by atoms with Crippen LogP contribution in [-0.4, -0.2) is 51.5 Å². The van der Waals surface area contributed by atoms with Crippen molar-refractivity contribution >= 4 is 42.6 Å². The quantitative estimate of drug-likeness (QED) is 0.403. The van der Waals surface area contributed by atoms with Crippen LogP contribution in [0.15, 0.2) is 70.0 Å². The Morgan fingerprint density at radius 1 is 0.941 bits per heavy atom. The van der Waals surface area contributed by atoms with Crippen LogP contribution in [-0.2, 0) is 14.8 Å². The highest BCUT2D eigenvalue weighted by molar-refractivity contribution is 9.10. The molecule has 3 aromatic rings. The minimum atomic E-state index is -3.46. The number of halogens is 1. The summed E-state index contributed by atoms with van der Waals surface area (Å²) in [4.78, 5) is 12.4. The second kappa shape index (κ2) is 11.2. The van der Waals surface area contributed by atoms with Gasteiger partial charge in [0.2, 0.25) is 10.0 Å². The average Bonchev–Trinajstić information content (AvgIpc) is 2.87. The van der Waals surface area contributed by atoms with Gasteiger partial charge in [0, 0.05) is 13.1 Å². The van der Waals surface area contributed by atoms with E-state index in [0.29, 0.717) is 31.1 Å². The number of nitrogens with zero attached hydrogens (tertiary/aromatic N) is 1. The third kappa shape index (κ3) is 5.89. The molecular formula is C25H27BrN2O5S. The van der Waals surface area contributed by atoms with Crippen LogP contribution in [0.4, 0.5) is 0 Å². The van der Waals surface area contributed by atoms with Crippen molar-refractivity contribution in [3.63, 3.8) is 0 Å². The standard InChI is InChI=1S/C25H27BrN2O5S/c26-25-22-7-3-2-6-19(22)8-13-23(25)33-18-24(29)27-14-17-32-20-9-11-21(12-10-20)34(30,31)28-15-4-1-5-16-28/h2-3,6-13H,1,4-5,14-18H2,(H,27,29). The number of carbonyl (C=O) groups excluding carboxylic acids is 1. The van der Waals surface area contributed by atoms with Gasteiger partial charge in [0.25, 0.3) is 5.91 Å². The van der Waals surface area contributed by atoms with Crippen LogP contribution >= 0.6 is 15.9 Å². The Morgan fingerprint density at radius 3 is 2.44 bits per heavy atom. The summed E-state index contributed by atoms with van der Waals surface area (Å²) in [5.74, 6) is 0.888. The third-order valence-corrected chi connectivity index (χ3v) is 8.39. The molecule has 1 N–H and O–H groups in total. The molecule has 1 saturated heterocycles. The lowest BCUT2D eigenvalue weighted by molar-refractivity contribution is -0.123. The number of hydrogen-bond donors (Lipinski definition) is 1. The van der Waals surface area contributed by atoms with E-state index < -0.39 is 10.0 Å². The van der Waals surface area contributed by atoms with E-state index in [1.165, 1.54) is 0 Å². The van der Waals surface area contributed by atoms with Crippen LogP contribution in [0.2, 0.25) is 0 Å². The Kier molecular flexibility index (Phi) is 8.07. The fourth-order valence-corrected chi connectivity index (χ4v) is 5.97. The SMILES string of the molecule is O=C(COc1ccc2ccccc2c1Br)NCCOc1ccc(S(=O)(=O)N2CCCCC2)cc1. The molecule has 0 bridgehead atoms. The Morgan fingerprint density at radius 2 is 1.68 bits per heavy atom. The number of fused-ring (bicyclic) bond motifs is 1. The van der Waals surface area contributed by atoms with Crippen molar-refractivity contribution in [3.05, 3.63) is 65.1 Å². The second-order valence-corrected chi connectivity index (χ2v) is 10.8. The number of ether oxygens (including phenoxy) is 2. The van der Waals surface area contributed by atoms with Gasteiger partial charge in [0.15, 0.2) is 6.61 Å². The molecule has 0 aliphatic carbocycles. The molecule has 1 aliphatic rings. The van der Waals surface area contributed by atoms with Crippen molar-refractivity contribution < 1.29 is 22.7 Å². The van der Waals surface area contributed by atoms with E-state index in [1.54, 1.807) is 28.6 Å². The van der Waals surface area contributed by atoms with E-state index in [-0.39, 0.29) is 24.0 Å². The Hall–Kier alpha value is -2.62. The number of nitrogens with one attached hydrogen (secondary N) is 1. The Bertz CT molecular complexity index is 1240. The van der Waals surface area contributed by atoms with E-state index in [2.05, 4.69) is 21.2 Å². The summed E-state index contributed by atoms with van der Waals surface area (Å²) in [6.07, 6.45) is 2.87. The summed E-state index contributed by atoms with van der Waals surface area (Å²) in [6.45, 7) is 1.59. The zero-order valence-electron chi connectivity index (χ0n) is 18.7. The summed E-state index contributed by atoms with van der Waals surface area (Å²) in [5.41, 5.74) is 0. The van der Waals surface area contributed by atoms with Crippen LogP contribution in [0.1, 0.15) is 19.3 Å². The number of hydrogen-bond acceptors (Lipinski definition) is 5. The smallest absolute Gasteiger partial charge is 0.258 e. The van der Waals surface area contributed by atoms with Gasteiger partial charge in [-0.05, 0) is 69.9 Å². The molecule has 0 saturated carbocycles. The lowest BCUT2D eigenvalue weighted by Crippen LogP contribution is -2.35. The molecule has 1 amide bonds. The van der Waals surface area contributed by atoms with Gasteiger partial charge >= 0.3 is 0 Å². The molecule has 1 aliphatic heterocycles. The molecule has 3 aromatic carbocycles. The number of sulfonamides is 1. The number of benzene rings is 3. The first-order chi connectivity index (χ1) is 16.4. The maximum Gasteiger partial charge on any atom is 0.258 e. The number of piperidine rings is 1. The number of rotatable bonds is 9. The summed E-state index contributed by atoms with van der Waals surface area (Å²) in [5, 5.41) is 4.85. The molecular weight excluding hydrogens is 520 g/mol. The van der Waals surface area contributed by atoms with Crippen LogP contribution in [0.25, 0.3) is 10.8 Å². The van der Waals surface area contributed by atoms with Crippen LogP contribution in [0, 0.1) is 0 Å². The highest BCUT2D eigenvalue weighted by Crippen LogP contribution is 2.33. The average molecular weight is 547 g/mol. The minimum Gasteiger partial charge on any atom is -0.492 e. The Labute approximate surface area is 208 Å². The van der Waals surface area contributed by atoms with Crippen molar-refractivity contribution in [2.24, 2.45) is 0 Å². The number of amides is 1. The van der Waals surface area contributed by atoms with E-state index in [0.717, 1.165) is 34.5 Å². The first-order valence-corrected chi connectivity index (χ1v) is 13.5. The lowest BCUT2D eigenvalue weighted by Gasteiger charge is -2.25. The fraction of sp³-hybridized carbons (Fsp3) is 0.320. The van der Waals surface area contributed by atoms with Gasteiger partial charge in [0.1, 0.15) is 18.1 Å². The summed E-state index contributed by atoms with van der Waals surface area (Å²) in [6, 6.07) is 18.1. The highest BCUT2D eigenvalue weighted by atomic mass is 79.9. The second-order valence-electron chi connectivity index (χ2n) is 8.02. The molecule has 1 fully saturated rings. The molecule has 7 nitrogen and oxygen atoms in total. The van der Waals surface area contributed by atoms with Gasteiger partial charge < -0.3 is 14.8 Å². The van der Waals surface area contributed by atoms with E-state index in [9.17, 15) is 13.2 Å². The molecule has 4 rings (SSSR count). The normalized spacial score (nSPS) is 14.6. The van der Waals surface area contributed by atoms with Gasteiger partial charge in [-0.3, -0.25) is 4.79 Å². The zero-order chi connectivity index (χ0) is 24.0. The molecule has 0 atom stereocenters. The van der Waals surface area contributed by atoms with Gasteiger partial charge in [0.05, 0.1) is 15.9 Å². The number of carbonyl (C=O) groups is 1. The topological polar surface area (TPSA) is 84.9 Å². The zero-order valence-corrected chi connectivity index (χ0v) is 21.1. The third-order valence-electron chi connectivity index (χ3n) is 5.66. The molecule has 1 heterocycles. The Balaban J connectivity index is 1.21. The van der Waals surface area contributed by atoms with E-state index in [4.69, 9.17) is 9.47 Å². The highest BCUT2D eigenvalue weighted by Gasteiger charge is 2.25. The molecule has 0 radical (unpaired) electrons. The maximum absolute atomic E-state index is 12.7.